The lowest BCUT2D eigenvalue weighted by Crippen LogP contribution is -2.28. The van der Waals surface area contributed by atoms with Gasteiger partial charge in [0.15, 0.2) is 0 Å². The van der Waals surface area contributed by atoms with Gasteiger partial charge in [-0.05, 0) is 120 Å². The zero-order valence-corrected chi connectivity index (χ0v) is 33.1. The molecule has 0 saturated heterocycles. The molecule has 2 fully saturated rings. The lowest BCUT2D eigenvalue weighted by atomic mass is 9.66. The van der Waals surface area contributed by atoms with Crippen molar-refractivity contribution in [2.75, 3.05) is 14.2 Å². The summed E-state index contributed by atoms with van der Waals surface area (Å²) in [6.07, 6.45) is 19.5. The Morgan fingerprint density at radius 3 is 1.33 bits per heavy atom. The van der Waals surface area contributed by atoms with Gasteiger partial charge in [0.1, 0.15) is 46.9 Å². The van der Waals surface area contributed by atoms with Crippen molar-refractivity contribution in [3.8, 4) is 35.8 Å². The third kappa shape index (κ3) is 5.49. The molecule has 270 valence electrons. The Morgan fingerprint density at radius 1 is 0.564 bits per heavy atom. The topological polar surface area (TPSA) is 114 Å². The molecule has 0 aliphatic heterocycles. The summed E-state index contributed by atoms with van der Waals surface area (Å²) in [5.41, 5.74) is 7.88. The van der Waals surface area contributed by atoms with Crippen molar-refractivity contribution >= 4 is 89.6 Å². The predicted octanol–water partition coefficient (Wildman–Crippen LogP) is 12.6. The van der Waals surface area contributed by atoms with E-state index >= 15 is 0 Å². The average molecular weight is 773 g/mol. The molecular weight excluding hydrogens is 737 g/mol. The van der Waals surface area contributed by atoms with E-state index in [1.54, 1.807) is 49.0 Å². The summed E-state index contributed by atoms with van der Waals surface area (Å²) in [7, 11) is 3.41. The van der Waals surface area contributed by atoms with Gasteiger partial charge in [-0.3, -0.25) is 0 Å². The molecule has 4 aliphatic rings. The Bertz CT molecular complexity index is 2530. The second kappa shape index (κ2) is 13.7. The van der Waals surface area contributed by atoms with Gasteiger partial charge < -0.3 is 9.47 Å². The monoisotopic (exact) mass is 772 g/mol. The maximum absolute atomic E-state index is 9.44. The Hall–Kier alpha value is -5.42. The highest BCUT2D eigenvalue weighted by Crippen LogP contribution is 2.61. The minimum atomic E-state index is -0.128. The first-order valence-electron chi connectivity index (χ1n) is 18.8. The van der Waals surface area contributed by atoms with Gasteiger partial charge in [0, 0.05) is 40.8 Å². The number of allylic oxidation sites excluding steroid dienone is 4. The zero-order chi connectivity index (χ0) is 37.9. The van der Waals surface area contributed by atoms with Crippen molar-refractivity contribution < 1.29 is 9.47 Å². The molecule has 5 aromatic rings. The number of benzene rings is 2. The normalized spacial score (nSPS) is 17.3. The van der Waals surface area contributed by atoms with Crippen LogP contribution in [0.25, 0.3) is 55.6 Å². The summed E-state index contributed by atoms with van der Waals surface area (Å²) in [6.45, 7) is 0. The molecule has 0 N–H and O–H groups in total. The van der Waals surface area contributed by atoms with Gasteiger partial charge in [0.25, 0.3) is 0 Å². The molecule has 4 aliphatic carbocycles. The van der Waals surface area contributed by atoms with E-state index in [2.05, 4.69) is 36.4 Å². The van der Waals surface area contributed by atoms with Gasteiger partial charge >= 0.3 is 0 Å². The minimum absolute atomic E-state index is 0.0867. The fourth-order valence-electron chi connectivity index (χ4n) is 9.87. The summed E-state index contributed by atoms with van der Waals surface area (Å²) in [5, 5.41) is 40.4. The SMILES string of the molecule is COc1cc(C=C(C#N)C#N)sc1C1=Cc2cc3sc4cc5c(cc4c3cc2C12CCCCC2)C1(CCCCC1)C(c1sc(C=C(C#N)C#N)cc1OC)=C5. The molecule has 0 unspecified atom stereocenters. The summed E-state index contributed by atoms with van der Waals surface area (Å²) >= 11 is 5.08. The molecule has 3 aromatic heterocycles. The first kappa shape index (κ1) is 35.3. The van der Waals surface area contributed by atoms with E-state index in [1.165, 1.54) is 66.4 Å². The molecule has 2 spiro atoms. The van der Waals surface area contributed by atoms with E-state index in [1.807, 2.05) is 47.7 Å². The maximum Gasteiger partial charge on any atom is 0.137 e. The van der Waals surface area contributed by atoms with Crippen LogP contribution in [0.15, 0.2) is 47.5 Å². The Labute approximate surface area is 332 Å². The Balaban J connectivity index is 1.19. The molecule has 0 radical (unpaired) electrons. The molecule has 9 rings (SSSR count). The number of hydrogen-bond acceptors (Lipinski definition) is 9. The van der Waals surface area contributed by atoms with Crippen molar-refractivity contribution in [1.29, 1.82) is 21.0 Å². The molecule has 55 heavy (non-hydrogen) atoms. The second-order valence-corrected chi connectivity index (χ2v) is 18.3. The highest BCUT2D eigenvalue weighted by Gasteiger charge is 2.46. The number of hydrogen-bond donors (Lipinski definition) is 0. The fraction of sp³-hybridized carbons (Fsp3) is 0.304. The molecule has 6 nitrogen and oxygen atoms in total. The van der Waals surface area contributed by atoms with Crippen LogP contribution in [-0.2, 0) is 10.8 Å². The van der Waals surface area contributed by atoms with Crippen LogP contribution in [0.5, 0.6) is 11.5 Å². The smallest absolute Gasteiger partial charge is 0.137 e. The summed E-state index contributed by atoms with van der Waals surface area (Å²) in [4.78, 5) is 3.87. The average Bonchev–Trinajstić information content (AvgIpc) is 4.03. The highest BCUT2D eigenvalue weighted by molar-refractivity contribution is 7.25. The lowest BCUT2D eigenvalue weighted by molar-refractivity contribution is 0.370. The first-order valence-corrected chi connectivity index (χ1v) is 21.2. The molecule has 2 saturated carbocycles. The quantitative estimate of drug-likeness (QED) is 0.159. The van der Waals surface area contributed by atoms with Gasteiger partial charge in [0.2, 0.25) is 0 Å². The van der Waals surface area contributed by atoms with Crippen LogP contribution >= 0.6 is 34.0 Å². The number of fused-ring (bicyclic) bond motifs is 7. The second-order valence-electron chi connectivity index (χ2n) is 15.0. The van der Waals surface area contributed by atoms with Crippen LogP contribution in [0, 0.1) is 45.3 Å². The highest BCUT2D eigenvalue weighted by atomic mass is 32.1. The van der Waals surface area contributed by atoms with Crippen LogP contribution in [0.1, 0.15) is 106 Å². The van der Waals surface area contributed by atoms with E-state index in [0.717, 1.165) is 82.4 Å². The fourth-order valence-corrected chi connectivity index (χ4v) is 13.4. The Kier molecular flexibility index (Phi) is 8.79. The van der Waals surface area contributed by atoms with Crippen LogP contribution in [0.2, 0.25) is 0 Å². The van der Waals surface area contributed by atoms with E-state index in [4.69, 9.17) is 9.47 Å². The molecule has 0 amide bonds. The van der Waals surface area contributed by atoms with Crippen LogP contribution in [-0.4, -0.2) is 14.2 Å². The largest absolute Gasteiger partial charge is 0.495 e. The number of rotatable bonds is 6. The Morgan fingerprint density at radius 2 is 0.964 bits per heavy atom. The van der Waals surface area contributed by atoms with Crippen LogP contribution in [0.4, 0.5) is 0 Å². The summed E-state index contributed by atoms with van der Waals surface area (Å²) in [5.74, 6) is 1.58. The number of ether oxygens (including phenoxy) is 2. The van der Waals surface area contributed by atoms with Crippen molar-refractivity contribution in [2.45, 2.75) is 75.0 Å². The van der Waals surface area contributed by atoms with E-state index in [-0.39, 0.29) is 22.0 Å². The third-order valence-corrected chi connectivity index (χ3v) is 15.6. The van der Waals surface area contributed by atoms with E-state index in [9.17, 15) is 21.0 Å². The summed E-state index contributed by atoms with van der Waals surface area (Å²) in [6, 6.07) is 21.8. The zero-order valence-electron chi connectivity index (χ0n) is 30.7. The lowest BCUT2D eigenvalue weighted by Gasteiger charge is -2.38. The number of thiophene rings is 3. The number of methoxy groups -OCH3 is 2. The number of nitriles is 4. The maximum atomic E-state index is 9.44. The minimum Gasteiger partial charge on any atom is -0.495 e. The number of nitrogens with zero attached hydrogens (tertiary/aromatic N) is 4. The molecule has 0 atom stereocenters. The molecule has 2 aromatic carbocycles. The molecular formula is C46H36N4O2S3. The van der Waals surface area contributed by atoms with E-state index in [0.29, 0.717) is 0 Å². The van der Waals surface area contributed by atoms with Gasteiger partial charge in [-0.2, -0.15) is 21.0 Å². The molecule has 0 bridgehead atoms. The molecule has 3 heterocycles. The third-order valence-electron chi connectivity index (χ3n) is 12.3. The predicted molar refractivity (Wildman–Crippen MR) is 225 cm³/mol. The summed E-state index contributed by atoms with van der Waals surface area (Å²) < 4.78 is 14.5. The van der Waals surface area contributed by atoms with Crippen molar-refractivity contribution in [3.05, 3.63) is 89.3 Å². The van der Waals surface area contributed by atoms with Gasteiger partial charge in [-0.25, -0.2) is 0 Å². The van der Waals surface area contributed by atoms with Crippen molar-refractivity contribution in [1.82, 2.24) is 0 Å². The van der Waals surface area contributed by atoms with Crippen LogP contribution in [0.3, 0.4) is 0 Å². The first-order chi connectivity index (χ1) is 26.9. The van der Waals surface area contributed by atoms with Gasteiger partial charge in [0.05, 0.1) is 24.0 Å². The van der Waals surface area contributed by atoms with Gasteiger partial charge in [-0.15, -0.1) is 34.0 Å². The van der Waals surface area contributed by atoms with Crippen molar-refractivity contribution in [2.24, 2.45) is 0 Å². The standard InChI is InChI=1S/C46H36N4O2S3/c1-51-39-19-31(13-27(23-47)24-48)53-43(39)37-15-29-17-41-33(21-35(29)45(37)9-5-3-6-10-45)34-22-36-30(18-42(34)55-41)16-38(46(36)11-7-4-8-12-46)44-40(52-2)20-32(54-44)14-28(25-49)26-50/h13-22H,3-12H2,1-2H3. The van der Waals surface area contributed by atoms with Crippen LogP contribution < -0.4 is 9.47 Å². The molecule has 9 heteroatoms. The van der Waals surface area contributed by atoms with E-state index < -0.39 is 0 Å². The van der Waals surface area contributed by atoms with Gasteiger partial charge in [-0.1, -0.05) is 38.5 Å². The van der Waals surface area contributed by atoms with Crippen molar-refractivity contribution in [3.63, 3.8) is 0 Å².